The maximum Gasteiger partial charge on any atom is 0.306 e. The first-order chi connectivity index (χ1) is 20.7. The molecule has 3 aromatic carbocycles. The molecule has 3 aromatic rings. The van der Waals surface area contributed by atoms with E-state index in [2.05, 4.69) is 5.32 Å². The van der Waals surface area contributed by atoms with E-state index in [-0.39, 0.29) is 31.4 Å². The molecule has 1 amide bonds. The third-order valence-electron chi connectivity index (χ3n) is 7.39. The summed E-state index contributed by atoms with van der Waals surface area (Å²) in [6, 6.07) is 25.4. The molecule has 0 radical (unpaired) electrons. The van der Waals surface area contributed by atoms with E-state index >= 15 is 0 Å². The number of benzene rings is 3. The number of esters is 1. The fourth-order valence-electron chi connectivity index (χ4n) is 5.07. The summed E-state index contributed by atoms with van der Waals surface area (Å²) >= 11 is 0. The lowest BCUT2D eigenvalue weighted by atomic mass is 9.83. The van der Waals surface area contributed by atoms with Crippen molar-refractivity contribution in [1.82, 2.24) is 5.32 Å². The zero-order valence-corrected chi connectivity index (χ0v) is 25.0. The van der Waals surface area contributed by atoms with E-state index < -0.39 is 23.2 Å². The summed E-state index contributed by atoms with van der Waals surface area (Å²) in [5.41, 5.74) is 1.59. The zero-order valence-electron chi connectivity index (χ0n) is 25.0. The fraction of sp³-hybridized carbons (Fsp3) is 0.400. The van der Waals surface area contributed by atoms with E-state index in [4.69, 9.17) is 24.3 Å². The topological polar surface area (TPSA) is 106 Å². The SMILES string of the molecule is CC(C)(C)OC(=O)CC[C@@]1(C(=O)NC2CC2)N=C(c2ccc(OCCCO)cc2)O[C@@H]1c1ccc(-c2ccccc2)cc1. The van der Waals surface area contributed by atoms with Crippen LogP contribution in [-0.4, -0.2) is 53.3 Å². The Bertz CT molecular complexity index is 1430. The van der Waals surface area contributed by atoms with Gasteiger partial charge in [0.2, 0.25) is 5.90 Å². The second-order valence-electron chi connectivity index (χ2n) is 12.1. The number of carbonyl (C=O) groups excluding carboxylic acids is 2. The number of hydrogen-bond acceptors (Lipinski definition) is 7. The van der Waals surface area contributed by atoms with Gasteiger partial charge in [0.1, 0.15) is 11.4 Å². The lowest BCUT2D eigenvalue weighted by molar-refractivity contribution is -0.155. The molecule has 1 fully saturated rings. The van der Waals surface area contributed by atoms with Crippen LogP contribution in [0.5, 0.6) is 5.75 Å². The molecule has 0 saturated heterocycles. The maximum atomic E-state index is 14.1. The van der Waals surface area contributed by atoms with E-state index in [1.54, 1.807) is 0 Å². The molecule has 5 rings (SSSR count). The third-order valence-corrected chi connectivity index (χ3v) is 7.39. The van der Waals surface area contributed by atoms with Crippen LogP contribution in [0.15, 0.2) is 83.9 Å². The Kier molecular flexibility index (Phi) is 9.16. The fourth-order valence-corrected chi connectivity index (χ4v) is 5.07. The number of rotatable bonds is 12. The van der Waals surface area contributed by atoms with E-state index in [1.165, 1.54) is 0 Å². The minimum absolute atomic E-state index is 0.00569. The summed E-state index contributed by atoms with van der Waals surface area (Å²) in [5.74, 6) is 0.340. The third kappa shape index (κ3) is 7.62. The predicted octanol–water partition coefficient (Wildman–Crippen LogP) is 5.77. The van der Waals surface area contributed by atoms with Crippen LogP contribution in [0.3, 0.4) is 0 Å². The van der Waals surface area contributed by atoms with Crippen LogP contribution in [-0.2, 0) is 19.1 Å². The van der Waals surface area contributed by atoms with Gasteiger partial charge in [-0.15, -0.1) is 0 Å². The number of nitrogens with one attached hydrogen (secondary N) is 1. The summed E-state index contributed by atoms with van der Waals surface area (Å²) in [6.07, 6.45) is 1.75. The molecule has 1 aliphatic heterocycles. The largest absolute Gasteiger partial charge is 0.494 e. The lowest BCUT2D eigenvalue weighted by Crippen LogP contribution is -2.49. The summed E-state index contributed by atoms with van der Waals surface area (Å²) in [6.45, 7) is 5.94. The maximum absolute atomic E-state index is 14.1. The normalized spacial score (nSPS) is 19.7. The Morgan fingerprint density at radius 1 is 0.953 bits per heavy atom. The molecule has 8 heteroatoms. The second-order valence-corrected chi connectivity index (χ2v) is 12.1. The van der Waals surface area contributed by atoms with Gasteiger partial charge < -0.3 is 24.6 Å². The molecule has 0 unspecified atom stereocenters. The quantitative estimate of drug-likeness (QED) is 0.207. The van der Waals surface area contributed by atoms with Crippen molar-refractivity contribution in [2.24, 2.45) is 4.99 Å². The molecule has 2 aliphatic rings. The molecule has 2 N–H and O–H groups in total. The Morgan fingerprint density at radius 2 is 1.60 bits per heavy atom. The molecule has 2 atom stereocenters. The van der Waals surface area contributed by atoms with Crippen molar-refractivity contribution in [3.8, 4) is 16.9 Å². The van der Waals surface area contributed by atoms with Crippen molar-refractivity contribution >= 4 is 17.8 Å². The standard InChI is InChI=1S/C35H40N2O6/c1-34(2,3)43-30(39)20-21-35(33(40)36-28-16-17-28)31(26-12-10-25(11-13-26)24-8-5-4-6-9-24)42-32(37-35)27-14-18-29(19-15-27)41-23-7-22-38/h4-6,8-15,18-19,28,31,38H,7,16-17,20-23H2,1-3H3,(H,36,40)/t31-,35-/m1/s1. The van der Waals surface area contributed by atoms with Crippen molar-refractivity contribution in [3.05, 3.63) is 90.0 Å². The van der Waals surface area contributed by atoms with Gasteiger partial charge in [0, 0.05) is 31.1 Å². The van der Waals surface area contributed by atoms with E-state index in [9.17, 15) is 9.59 Å². The first-order valence-electron chi connectivity index (χ1n) is 15.0. The monoisotopic (exact) mass is 584 g/mol. The second kappa shape index (κ2) is 13.0. The number of carbonyl (C=O) groups is 2. The van der Waals surface area contributed by atoms with Gasteiger partial charge in [0.25, 0.3) is 5.91 Å². The summed E-state index contributed by atoms with van der Waals surface area (Å²) in [4.78, 5) is 31.9. The van der Waals surface area contributed by atoms with Crippen LogP contribution >= 0.6 is 0 Å². The van der Waals surface area contributed by atoms with Crippen molar-refractivity contribution in [3.63, 3.8) is 0 Å². The van der Waals surface area contributed by atoms with Crippen molar-refractivity contribution < 1.29 is 28.9 Å². The van der Waals surface area contributed by atoms with Gasteiger partial charge >= 0.3 is 5.97 Å². The molecule has 1 saturated carbocycles. The number of amides is 1. The van der Waals surface area contributed by atoms with Crippen molar-refractivity contribution in [2.45, 2.75) is 76.2 Å². The molecule has 0 aromatic heterocycles. The molecule has 226 valence electrons. The van der Waals surface area contributed by atoms with Gasteiger partial charge in [-0.3, -0.25) is 9.59 Å². The molecular weight excluding hydrogens is 544 g/mol. The Balaban J connectivity index is 1.49. The van der Waals surface area contributed by atoms with Crippen molar-refractivity contribution in [2.75, 3.05) is 13.2 Å². The number of aliphatic hydroxyl groups is 1. The van der Waals surface area contributed by atoms with Crippen LogP contribution in [0.1, 0.15) is 70.1 Å². The van der Waals surface area contributed by atoms with Gasteiger partial charge in [0.15, 0.2) is 11.6 Å². The number of ether oxygens (including phenoxy) is 3. The van der Waals surface area contributed by atoms with Gasteiger partial charge in [-0.05, 0) is 81.0 Å². The smallest absolute Gasteiger partial charge is 0.306 e. The summed E-state index contributed by atoms with van der Waals surface area (Å²) in [5, 5.41) is 12.2. The average Bonchev–Trinajstić information content (AvgIpc) is 3.73. The van der Waals surface area contributed by atoms with E-state index in [0.29, 0.717) is 30.2 Å². The van der Waals surface area contributed by atoms with Crippen LogP contribution in [0, 0.1) is 0 Å². The lowest BCUT2D eigenvalue weighted by Gasteiger charge is -2.31. The van der Waals surface area contributed by atoms with Crippen LogP contribution in [0.4, 0.5) is 0 Å². The number of aliphatic hydroxyl groups excluding tert-OH is 1. The Hall–Kier alpha value is -4.17. The van der Waals surface area contributed by atoms with Crippen LogP contribution in [0.2, 0.25) is 0 Å². The Labute approximate surface area is 253 Å². The highest BCUT2D eigenvalue weighted by Crippen LogP contribution is 2.44. The summed E-state index contributed by atoms with van der Waals surface area (Å²) in [7, 11) is 0. The zero-order chi connectivity index (χ0) is 30.5. The summed E-state index contributed by atoms with van der Waals surface area (Å²) < 4.78 is 17.8. The predicted molar refractivity (Wildman–Crippen MR) is 165 cm³/mol. The highest BCUT2D eigenvalue weighted by Gasteiger charge is 2.54. The van der Waals surface area contributed by atoms with E-state index in [0.717, 1.165) is 29.5 Å². The minimum atomic E-state index is -1.38. The highest BCUT2D eigenvalue weighted by molar-refractivity contribution is 6.01. The molecule has 0 bridgehead atoms. The van der Waals surface area contributed by atoms with Crippen LogP contribution < -0.4 is 10.1 Å². The Morgan fingerprint density at radius 3 is 2.23 bits per heavy atom. The van der Waals surface area contributed by atoms with Gasteiger partial charge in [-0.2, -0.15) is 0 Å². The first-order valence-corrected chi connectivity index (χ1v) is 15.0. The molecule has 8 nitrogen and oxygen atoms in total. The molecule has 43 heavy (non-hydrogen) atoms. The molecule has 1 aliphatic carbocycles. The van der Waals surface area contributed by atoms with E-state index in [1.807, 2.05) is 99.6 Å². The van der Waals surface area contributed by atoms with Gasteiger partial charge in [-0.1, -0.05) is 54.6 Å². The highest BCUT2D eigenvalue weighted by atomic mass is 16.6. The average molecular weight is 585 g/mol. The van der Waals surface area contributed by atoms with Gasteiger partial charge in [-0.25, -0.2) is 4.99 Å². The number of aliphatic imine (C=N–C) groups is 1. The minimum Gasteiger partial charge on any atom is -0.494 e. The number of nitrogens with zero attached hydrogens (tertiary/aromatic N) is 1. The molecule has 0 spiro atoms. The van der Waals surface area contributed by atoms with Crippen molar-refractivity contribution in [1.29, 1.82) is 0 Å². The molecule has 1 heterocycles. The number of hydrogen-bond donors (Lipinski definition) is 2. The van der Waals surface area contributed by atoms with Crippen LogP contribution in [0.25, 0.3) is 11.1 Å². The first kappa shape index (κ1) is 30.3. The molecular formula is C35H40N2O6. The van der Waals surface area contributed by atoms with Gasteiger partial charge in [0.05, 0.1) is 6.61 Å².